The van der Waals surface area contributed by atoms with Gasteiger partial charge in [-0.25, -0.2) is 9.98 Å². The zero-order valence-electron chi connectivity index (χ0n) is 19.1. The molecule has 0 spiro atoms. The summed E-state index contributed by atoms with van der Waals surface area (Å²) in [7, 11) is 0. The number of aromatic nitrogens is 1. The molecule has 1 aromatic heterocycles. The van der Waals surface area contributed by atoms with E-state index in [0.717, 1.165) is 57.6 Å². The molecule has 1 atom stereocenters. The number of anilines is 1. The van der Waals surface area contributed by atoms with Gasteiger partial charge in [0.25, 0.3) is 0 Å². The lowest BCUT2D eigenvalue weighted by molar-refractivity contribution is 0.270. The van der Waals surface area contributed by atoms with Crippen LogP contribution in [0.4, 0.5) is 5.82 Å². The maximum atomic E-state index is 4.80. The van der Waals surface area contributed by atoms with Crippen LogP contribution in [0.25, 0.3) is 0 Å². The molecule has 1 saturated heterocycles. The number of hydrogen-bond donors (Lipinski definition) is 2. The van der Waals surface area contributed by atoms with Gasteiger partial charge in [0.2, 0.25) is 0 Å². The third-order valence-corrected chi connectivity index (χ3v) is 6.47. The van der Waals surface area contributed by atoms with E-state index in [1.807, 2.05) is 18.0 Å². The summed E-state index contributed by atoms with van der Waals surface area (Å²) in [4.78, 5) is 15.6. The fourth-order valence-electron chi connectivity index (χ4n) is 3.55. The highest BCUT2D eigenvalue weighted by Crippen LogP contribution is 2.22. The van der Waals surface area contributed by atoms with Crippen molar-refractivity contribution in [2.75, 3.05) is 50.7 Å². The van der Waals surface area contributed by atoms with E-state index in [9.17, 15) is 0 Å². The Balaban J connectivity index is 1.53. The molecule has 6 nitrogen and oxygen atoms in total. The van der Waals surface area contributed by atoms with Gasteiger partial charge in [0.1, 0.15) is 5.82 Å². The number of nitrogens with one attached hydrogen (secondary N) is 2. The first-order valence-corrected chi connectivity index (χ1v) is 12.2. The number of guanidine groups is 1. The molecule has 0 radical (unpaired) electrons. The smallest absolute Gasteiger partial charge is 0.191 e. The van der Waals surface area contributed by atoms with Crippen LogP contribution in [0.15, 0.2) is 58.5 Å². The molecular formula is C24H36N6S. The molecule has 0 amide bonds. The molecule has 1 aliphatic rings. The zero-order valence-corrected chi connectivity index (χ0v) is 19.9. The van der Waals surface area contributed by atoms with Crippen LogP contribution < -0.4 is 15.5 Å². The number of pyridine rings is 1. The summed E-state index contributed by atoms with van der Waals surface area (Å²) in [5.74, 6) is 1.92. The topological polar surface area (TPSA) is 55.8 Å². The number of benzene rings is 1. The average molecular weight is 441 g/mol. The van der Waals surface area contributed by atoms with Gasteiger partial charge >= 0.3 is 0 Å². The first-order chi connectivity index (χ1) is 15.2. The lowest BCUT2D eigenvalue weighted by Crippen LogP contribution is -2.46. The Hall–Kier alpha value is -2.25. The van der Waals surface area contributed by atoms with Crippen LogP contribution in [-0.2, 0) is 6.54 Å². The fourth-order valence-corrected chi connectivity index (χ4v) is 4.50. The van der Waals surface area contributed by atoms with Crippen molar-refractivity contribution < 1.29 is 0 Å². The Bertz CT molecular complexity index is 805. The van der Waals surface area contributed by atoms with Gasteiger partial charge in [-0.15, -0.1) is 11.8 Å². The van der Waals surface area contributed by atoms with E-state index in [-0.39, 0.29) is 0 Å². The molecule has 2 N–H and O–H groups in total. The highest BCUT2D eigenvalue weighted by atomic mass is 32.2. The number of thioether (sulfide) groups is 1. The van der Waals surface area contributed by atoms with E-state index in [0.29, 0.717) is 11.8 Å². The zero-order chi connectivity index (χ0) is 21.9. The van der Waals surface area contributed by atoms with Crippen molar-refractivity contribution in [3.63, 3.8) is 0 Å². The van der Waals surface area contributed by atoms with Gasteiger partial charge in [-0.2, -0.15) is 0 Å². The number of hydrogen-bond acceptors (Lipinski definition) is 5. The number of aliphatic imine (C=N–C) groups is 1. The quantitative estimate of drug-likeness (QED) is 0.354. The van der Waals surface area contributed by atoms with Crippen molar-refractivity contribution in [3.8, 4) is 0 Å². The molecule has 2 heterocycles. The standard InChI is InChI=1S/C24H36N6S/c1-4-25-24(27-18-20(3)31-22-9-7-6-8-10-22)28-19-21-11-12-26-23(17-21)30-15-13-29(5-2)14-16-30/h6-12,17,20H,4-5,13-16,18-19H2,1-3H3,(H2,25,27,28). The molecule has 1 aromatic carbocycles. The van der Waals surface area contributed by atoms with E-state index in [1.54, 1.807) is 0 Å². The minimum absolute atomic E-state index is 0.445. The van der Waals surface area contributed by atoms with Crippen LogP contribution in [0.1, 0.15) is 26.3 Å². The summed E-state index contributed by atoms with van der Waals surface area (Å²) in [6.07, 6.45) is 1.91. The molecule has 1 aliphatic heterocycles. The molecule has 168 valence electrons. The van der Waals surface area contributed by atoms with Crippen molar-refractivity contribution in [2.45, 2.75) is 37.5 Å². The molecule has 0 saturated carbocycles. The largest absolute Gasteiger partial charge is 0.357 e. The maximum Gasteiger partial charge on any atom is 0.191 e. The summed E-state index contributed by atoms with van der Waals surface area (Å²) in [5.41, 5.74) is 1.19. The molecule has 1 unspecified atom stereocenters. The Morgan fingerprint density at radius 2 is 1.87 bits per heavy atom. The average Bonchev–Trinajstić information content (AvgIpc) is 2.82. The van der Waals surface area contributed by atoms with Gasteiger partial charge in [0.05, 0.1) is 6.54 Å². The molecule has 2 aromatic rings. The lowest BCUT2D eigenvalue weighted by atomic mass is 10.2. The predicted molar refractivity (Wildman–Crippen MR) is 133 cm³/mol. The predicted octanol–water partition coefficient (Wildman–Crippen LogP) is 3.46. The molecule has 0 aliphatic carbocycles. The van der Waals surface area contributed by atoms with Gasteiger partial charge in [0, 0.05) is 55.6 Å². The lowest BCUT2D eigenvalue weighted by Gasteiger charge is -2.34. The van der Waals surface area contributed by atoms with Gasteiger partial charge in [-0.3, -0.25) is 0 Å². The van der Waals surface area contributed by atoms with Crippen LogP contribution >= 0.6 is 11.8 Å². The van der Waals surface area contributed by atoms with Gasteiger partial charge in [-0.1, -0.05) is 32.0 Å². The first kappa shape index (κ1) is 23.4. The van der Waals surface area contributed by atoms with E-state index in [4.69, 9.17) is 4.99 Å². The van der Waals surface area contributed by atoms with Crippen molar-refractivity contribution >= 4 is 23.5 Å². The van der Waals surface area contributed by atoms with Crippen molar-refractivity contribution in [1.82, 2.24) is 20.5 Å². The van der Waals surface area contributed by atoms with E-state index in [2.05, 4.69) is 88.7 Å². The highest BCUT2D eigenvalue weighted by Gasteiger charge is 2.16. The van der Waals surface area contributed by atoms with Crippen LogP contribution in [-0.4, -0.2) is 66.9 Å². The van der Waals surface area contributed by atoms with Crippen molar-refractivity contribution in [2.24, 2.45) is 4.99 Å². The molecular weight excluding hydrogens is 404 g/mol. The van der Waals surface area contributed by atoms with E-state index < -0.39 is 0 Å². The van der Waals surface area contributed by atoms with Crippen LogP contribution in [0.3, 0.4) is 0 Å². The van der Waals surface area contributed by atoms with Gasteiger partial charge in [0.15, 0.2) is 5.96 Å². The third-order valence-electron chi connectivity index (χ3n) is 5.35. The minimum Gasteiger partial charge on any atom is -0.357 e. The first-order valence-electron chi connectivity index (χ1n) is 11.3. The summed E-state index contributed by atoms with van der Waals surface area (Å²) >= 11 is 1.88. The number of nitrogens with zero attached hydrogens (tertiary/aromatic N) is 4. The third kappa shape index (κ3) is 7.74. The van der Waals surface area contributed by atoms with E-state index in [1.165, 1.54) is 10.5 Å². The fraction of sp³-hybridized carbons (Fsp3) is 0.500. The maximum absolute atomic E-state index is 4.80. The second kappa shape index (κ2) is 12.6. The molecule has 7 heteroatoms. The normalized spacial score (nSPS) is 16.2. The molecule has 3 rings (SSSR count). The number of likely N-dealkylation sites (N-methyl/N-ethyl adjacent to an activating group) is 1. The van der Waals surface area contributed by atoms with Crippen LogP contribution in [0.2, 0.25) is 0 Å². The SMILES string of the molecule is CCNC(=NCc1ccnc(N2CCN(CC)CC2)c1)NCC(C)Sc1ccccc1. The number of piperazine rings is 1. The summed E-state index contributed by atoms with van der Waals surface area (Å²) in [5, 5.41) is 7.29. The minimum atomic E-state index is 0.445. The van der Waals surface area contributed by atoms with Crippen molar-refractivity contribution in [1.29, 1.82) is 0 Å². The second-order valence-corrected chi connectivity index (χ2v) is 9.27. The van der Waals surface area contributed by atoms with Gasteiger partial charge in [-0.05, 0) is 43.3 Å². The summed E-state index contributed by atoms with van der Waals surface area (Å²) in [6, 6.07) is 14.8. The summed E-state index contributed by atoms with van der Waals surface area (Å²) < 4.78 is 0. The molecule has 1 fully saturated rings. The highest BCUT2D eigenvalue weighted by molar-refractivity contribution is 8.00. The second-order valence-electron chi connectivity index (χ2n) is 7.76. The van der Waals surface area contributed by atoms with Crippen molar-refractivity contribution in [3.05, 3.63) is 54.2 Å². The van der Waals surface area contributed by atoms with Gasteiger partial charge < -0.3 is 20.4 Å². The monoisotopic (exact) mass is 440 g/mol. The number of rotatable bonds is 9. The van der Waals surface area contributed by atoms with Crippen LogP contribution in [0.5, 0.6) is 0 Å². The van der Waals surface area contributed by atoms with E-state index >= 15 is 0 Å². The Morgan fingerprint density at radius 3 is 2.58 bits per heavy atom. The Morgan fingerprint density at radius 1 is 1.10 bits per heavy atom. The van der Waals surface area contributed by atoms with Crippen LogP contribution in [0, 0.1) is 0 Å². The summed E-state index contributed by atoms with van der Waals surface area (Å²) in [6.45, 7) is 14.3. The Kier molecular flexibility index (Phi) is 9.49. The molecule has 31 heavy (non-hydrogen) atoms. The molecule has 0 bridgehead atoms. The Labute approximate surface area is 191 Å².